The van der Waals surface area contributed by atoms with Crippen LogP contribution in [0.15, 0.2) is 60.7 Å². The molecule has 3 heteroatoms. The van der Waals surface area contributed by atoms with E-state index in [4.69, 9.17) is 0 Å². The van der Waals surface area contributed by atoms with Crippen LogP contribution in [0.25, 0.3) is 11.1 Å². The molecule has 0 nitrogen and oxygen atoms in total. The standard InChI is InChI=1S/C20H13F2I/c1-12-2-4-13(5-3-12)20-16-8-6-14(21)10-17(16)18-11-15(22)7-9-19(18)23-20/h2-11H,1H3. The summed E-state index contributed by atoms with van der Waals surface area (Å²) in [5.41, 5.74) is 5.04. The van der Waals surface area contributed by atoms with Crippen molar-refractivity contribution in [3.8, 4) is 11.1 Å². The van der Waals surface area contributed by atoms with E-state index in [0.717, 1.165) is 20.3 Å². The van der Waals surface area contributed by atoms with Crippen molar-refractivity contribution in [3.05, 3.63) is 92.6 Å². The van der Waals surface area contributed by atoms with Crippen molar-refractivity contribution in [2.24, 2.45) is 0 Å². The van der Waals surface area contributed by atoms with Gasteiger partial charge in [-0.15, -0.1) is 0 Å². The first-order chi connectivity index (χ1) is 11.1. The maximum Gasteiger partial charge on any atom is 0.123 e. The Morgan fingerprint density at radius 1 is 0.696 bits per heavy atom. The second-order valence-electron chi connectivity index (χ2n) is 5.59. The van der Waals surface area contributed by atoms with E-state index in [1.807, 2.05) is 12.1 Å². The van der Waals surface area contributed by atoms with E-state index >= 15 is 0 Å². The quantitative estimate of drug-likeness (QED) is 0.350. The number of hydrogen-bond donors (Lipinski definition) is 0. The Morgan fingerprint density at radius 2 is 1.35 bits per heavy atom. The number of benzene rings is 3. The number of halogens is 3. The minimum Gasteiger partial charge on any atom is -0.207 e. The van der Waals surface area contributed by atoms with Crippen LogP contribution in [-0.4, -0.2) is 3.51 Å². The van der Waals surface area contributed by atoms with Crippen LogP contribution >= 0.6 is 20.7 Å². The van der Waals surface area contributed by atoms with E-state index in [2.05, 4.69) is 31.2 Å². The minimum absolute atomic E-state index is 0.276. The highest BCUT2D eigenvalue weighted by Gasteiger charge is 2.20. The summed E-state index contributed by atoms with van der Waals surface area (Å²) in [7, 11) is 0. The van der Waals surface area contributed by atoms with Crippen LogP contribution in [0.3, 0.4) is 0 Å². The maximum absolute atomic E-state index is 13.8. The second kappa shape index (κ2) is 5.64. The zero-order chi connectivity index (χ0) is 16.0. The summed E-state index contributed by atoms with van der Waals surface area (Å²) >= 11 is -0.444. The molecule has 1 aliphatic rings. The molecule has 0 saturated heterocycles. The van der Waals surface area contributed by atoms with Gasteiger partial charge in [0.2, 0.25) is 0 Å². The predicted molar refractivity (Wildman–Crippen MR) is 98.9 cm³/mol. The molecule has 0 saturated carbocycles. The van der Waals surface area contributed by atoms with E-state index in [9.17, 15) is 8.78 Å². The highest BCUT2D eigenvalue weighted by molar-refractivity contribution is 14.2. The average molecular weight is 418 g/mol. The lowest BCUT2D eigenvalue weighted by atomic mass is 9.94. The monoisotopic (exact) mass is 418 g/mol. The number of aryl methyl sites for hydroxylation is 1. The Labute approximate surface area is 143 Å². The van der Waals surface area contributed by atoms with E-state index in [1.165, 1.54) is 38.9 Å². The lowest BCUT2D eigenvalue weighted by Crippen LogP contribution is -2.08. The molecule has 0 radical (unpaired) electrons. The molecule has 1 aliphatic heterocycles. The molecule has 114 valence electrons. The van der Waals surface area contributed by atoms with Crippen LogP contribution in [0.4, 0.5) is 8.78 Å². The van der Waals surface area contributed by atoms with Crippen LogP contribution < -0.4 is 0 Å². The first kappa shape index (κ1) is 14.7. The zero-order valence-electron chi connectivity index (χ0n) is 12.4. The minimum atomic E-state index is -0.444. The van der Waals surface area contributed by atoms with Gasteiger partial charge in [0.15, 0.2) is 0 Å². The topological polar surface area (TPSA) is 0 Å². The lowest BCUT2D eigenvalue weighted by molar-refractivity contribution is 0.625. The van der Waals surface area contributed by atoms with Crippen molar-refractivity contribution in [3.63, 3.8) is 0 Å². The fourth-order valence-corrected chi connectivity index (χ4v) is 5.89. The largest absolute Gasteiger partial charge is 0.207 e. The molecule has 0 N–H and O–H groups in total. The van der Waals surface area contributed by atoms with Crippen LogP contribution in [0, 0.1) is 22.1 Å². The molecule has 0 spiro atoms. The molecular formula is C20H13F2I. The van der Waals surface area contributed by atoms with Crippen molar-refractivity contribution in [2.75, 3.05) is 0 Å². The summed E-state index contributed by atoms with van der Waals surface area (Å²) in [6.07, 6.45) is 0. The third-order valence-electron chi connectivity index (χ3n) is 3.94. The van der Waals surface area contributed by atoms with Crippen LogP contribution in [0.2, 0.25) is 0 Å². The van der Waals surface area contributed by atoms with Crippen molar-refractivity contribution in [2.45, 2.75) is 6.92 Å². The Kier molecular flexibility index (Phi) is 3.60. The third kappa shape index (κ3) is 2.63. The van der Waals surface area contributed by atoms with Crippen molar-refractivity contribution < 1.29 is 8.78 Å². The van der Waals surface area contributed by atoms with E-state index < -0.39 is 20.7 Å². The molecule has 0 atom stereocenters. The van der Waals surface area contributed by atoms with Gasteiger partial charge in [-0.1, -0.05) is 56.6 Å². The van der Waals surface area contributed by atoms with Crippen molar-refractivity contribution in [1.82, 2.24) is 0 Å². The summed E-state index contributed by atoms with van der Waals surface area (Å²) < 4.78 is 29.8. The highest BCUT2D eigenvalue weighted by Crippen LogP contribution is 2.40. The smallest absolute Gasteiger partial charge is 0.123 e. The molecule has 0 amide bonds. The van der Waals surface area contributed by atoms with Gasteiger partial charge in [0.05, 0.1) is 0 Å². The molecule has 0 bridgehead atoms. The maximum atomic E-state index is 13.8. The molecule has 3 aromatic rings. The van der Waals surface area contributed by atoms with Gasteiger partial charge in [-0.25, -0.2) is 8.78 Å². The van der Waals surface area contributed by atoms with Gasteiger partial charge in [-0.3, -0.25) is 0 Å². The molecule has 1 heterocycles. The molecule has 0 unspecified atom stereocenters. The zero-order valence-corrected chi connectivity index (χ0v) is 14.6. The number of rotatable bonds is 1. The van der Waals surface area contributed by atoms with Crippen LogP contribution in [-0.2, 0) is 0 Å². The van der Waals surface area contributed by atoms with Gasteiger partial charge in [0.1, 0.15) is 11.6 Å². The molecule has 0 fully saturated rings. The number of fused-ring (bicyclic) bond motifs is 3. The SMILES string of the molecule is Cc1ccc(C2=Ic3ccc(F)cc3-c3cc(F)ccc32)cc1. The van der Waals surface area contributed by atoms with E-state index in [1.54, 1.807) is 0 Å². The van der Waals surface area contributed by atoms with Crippen molar-refractivity contribution >= 4 is 24.2 Å². The van der Waals surface area contributed by atoms with E-state index in [0.29, 0.717) is 0 Å². The summed E-state index contributed by atoms with van der Waals surface area (Å²) in [6.45, 7) is 2.06. The van der Waals surface area contributed by atoms with E-state index in [-0.39, 0.29) is 11.6 Å². The van der Waals surface area contributed by atoms with Crippen molar-refractivity contribution in [1.29, 1.82) is 0 Å². The molecular weight excluding hydrogens is 405 g/mol. The Hall–Kier alpha value is -1.88. The fourth-order valence-electron chi connectivity index (χ4n) is 2.78. The van der Waals surface area contributed by atoms with Crippen LogP contribution in [0.5, 0.6) is 0 Å². The Bertz CT molecular complexity index is 940. The summed E-state index contributed by atoms with van der Waals surface area (Å²) in [5, 5.41) is 0. The van der Waals surface area contributed by atoms with Gasteiger partial charge in [-0.05, 0) is 59.5 Å². The molecule has 23 heavy (non-hydrogen) atoms. The summed E-state index contributed by atoms with van der Waals surface area (Å²) in [5.74, 6) is -0.566. The number of hydrogen-bond acceptors (Lipinski definition) is 0. The normalized spacial score (nSPS) is 12.7. The highest BCUT2D eigenvalue weighted by atomic mass is 127. The van der Waals surface area contributed by atoms with Gasteiger partial charge >= 0.3 is 0 Å². The molecule has 4 rings (SSSR count). The van der Waals surface area contributed by atoms with Gasteiger partial charge in [-0.2, -0.15) is 0 Å². The first-order valence-electron chi connectivity index (χ1n) is 7.30. The summed E-state index contributed by atoms with van der Waals surface area (Å²) in [6, 6.07) is 18.1. The summed E-state index contributed by atoms with van der Waals surface area (Å²) in [4.78, 5) is 0. The fraction of sp³-hybridized carbons (Fsp3) is 0.0500. The van der Waals surface area contributed by atoms with Gasteiger partial charge in [0, 0.05) is 7.08 Å². The second-order valence-corrected chi connectivity index (χ2v) is 8.37. The molecule has 0 aliphatic carbocycles. The third-order valence-corrected chi connectivity index (χ3v) is 7.20. The first-order valence-corrected chi connectivity index (χ1v) is 9.46. The Morgan fingerprint density at radius 3 is 2.09 bits per heavy atom. The molecule has 3 aromatic carbocycles. The predicted octanol–water partition coefficient (Wildman–Crippen LogP) is 5.66. The van der Waals surface area contributed by atoms with Crippen LogP contribution in [0.1, 0.15) is 16.7 Å². The molecule has 0 aromatic heterocycles. The lowest BCUT2D eigenvalue weighted by Gasteiger charge is -2.20. The average Bonchev–Trinajstić information content (AvgIpc) is 2.55. The van der Waals surface area contributed by atoms with Gasteiger partial charge < -0.3 is 0 Å². The van der Waals surface area contributed by atoms with Gasteiger partial charge in [0.25, 0.3) is 0 Å². The Balaban J connectivity index is 2.01.